The molecular formula is C22H29N4O+. The second-order valence-electron chi connectivity index (χ2n) is 8.10. The van der Waals surface area contributed by atoms with Crippen LogP contribution in [-0.2, 0) is 6.42 Å². The lowest BCUT2D eigenvalue weighted by molar-refractivity contribution is -0.872. The molecular weight excluding hydrogens is 336 g/mol. The van der Waals surface area contributed by atoms with E-state index in [0.29, 0.717) is 16.4 Å². The van der Waals surface area contributed by atoms with Crippen molar-refractivity contribution in [1.82, 2.24) is 9.88 Å². The first-order valence-corrected chi connectivity index (χ1v) is 9.93. The number of amides is 2. The number of likely N-dealkylation sites (N-methyl/N-ethyl adjacent to an activating group) is 2. The molecule has 1 aromatic carbocycles. The number of rotatable bonds is 3. The van der Waals surface area contributed by atoms with Crippen molar-refractivity contribution in [1.29, 1.82) is 0 Å². The number of likely N-dealkylation sites (tertiary alicyclic amines) is 1. The molecule has 3 atom stereocenters. The third-order valence-corrected chi connectivity index (χ3v) is 7.24. The van der Waals surface area contributed by atoms with Crippen LogP contribution in [0.5, 0.6) is 0 Å². The highest BCUT2D eigenvalue weighted by molar-refractivity contribution is 5.90. The second-order valence-corrected chi connectivity index (χ2v) is 8.10. The lowest BCUT2D eigenvalue weighted by atomic mass is 9.73. The molecule has 1 aliphatic heterocycles. The highest BCUT2D eigenvalue weighted by Crippen LogP contribution is 2.45. The maximum absolute atomic E-state index is 12.4. The van der Waals surface area contributed by atoms with Gasteiger partial charge < -0.3 is 10.7 Å². The molecule has 2 amide bonds. The van der Waals surface area contributed by atoms with Crippen LogP contribution in [0.4, 0.5) is 4.79 Å². The minimum atomic E-state index is -0.206. The van der Waals surface area contributed by atoms with Crippen molar-refractivity contribution in [3.8, 4) is 12.3 Å². The number of terminal acetylenes is 1. The number of fused-ring (bicyclic) bond motifs is 2. The number of primary amides is 1. The molecule has 2 aromatic rings. The van der Waals surface area contributed by atoms with Gasteiger partial charge >= 0.3 is 6.03 Å². The molecule has 1 unspecified atom stereocenters. The van der Waals surface area contributed by atoms with Crippen LogP contribution in [0.2, 0.25) is 0 Å². The number of piperidine rings is 1. The highest BCUT2D eigenvalue weighted by atomic mass is 16.2. The van der Waals surface area contributed by atoms with E-state index in [9.17, 15) is 4.79 Å². The zero-order valence-electron chi connectivity index (χ0n) is 16.5. The number of nitrogens with two attached hydrogens (primary N) is 1. The molecule has 2 aliphatic rings. The fraction of sp³-hybridized carbons (Fsp3) is 0.500. The number of hydrogen-bond acceptors (Lipinski definition) is 2. The van der Waals surface area contributed by atoms with Crippen LogP contribution in [-0.4, -0.2) is 59.2 Å². The normalized spacial score (nSPS) is 25.2. The van der Waals surface area contributed by atoms with Gasteiger partial charge in [-0.2, -0.15) is 0 Å². The molecule has 142 valence electrons. The van der Waals surface area contributed by atoms with Crippen LogP contribution < -0.4 is 5.73 Å². The lowest BCUT2D eigenvalue weighted by Crippen LogP contribution is -2.67. The Morgan fingerprint density at radius 1 is 1.41 bits per heavy atom. The average molecular weight is 366 g/mol. The van der Waals surface area contributed by atoms with E-state index in [1.807, 2.05) is 0 Å². The molecule has 4 rings (SSSR count). The van der Waals surface area contributed by atoms with E-state index in [-0.39, 0.29) is 12.1 Å². The largest absolute Gasteiger partial charge is 0.414 e. The maximum Gasteiger partial charge on any atom is 0.414 e. The van der Waals surface area contributed by atoms with Gasteiger partial charge in [-0.1, -0.05) is 18.1 Å². The van der Waals surface area contributed by atoms with Gasteiger partial charge in [0.05, 0.1) is 25.3 Å². The van der Waals surface area contributed by atoms with Gasteiger partial charge in [-0.25, -0.2) is 9.28 Å². The number of urea groups is 1. The van der Waals surface area contributed by atoms with Crippen LogP contribution in [0.15, 0.2) is 18.2 Å². The Bertz CT molecular complexity index is 934. The van der Waals surface area contributed by atoms with Gasteiger partial charge in [0.15, 0.2) is 0 Å². The molecule has 5 nitrogen and oxygen atoms in total. The first-order valence-electron chi connectivity index (χ1n) is 9.93. The van der Waals surface area contributed by atoms with E-state index < -0.39 is 0 Å². The van der Waals surface area contributed by atoms with Crippen molar-refractivity contribution in [2.45, 2.75) is 44.7 Å². The molecule has 2 heterocycles. The van der Waals surface area contributed by atoms with Crippen LogP contribution in [0.1, 0.15) is 43.0 Å². The zero-order valence-corrected chi connectivity index (χ0v) is 16.5. The van der Waals surface area contributed by atoms with Crippen molar-refractivity contribution >= 4 is 16.9 Å². The van der Waals surface area contributed by atoms with Crippen molar-refractivity contribution in [3.63, 3.8) is 0 Å². The summed E-state index contributed by atoms with van der Waals surface area (Å²) in [5, 5.41) is 1.30. The number of carbonyl (C=O) groups is 1. The Labute approximate surface area is 161 Å². The summed E-state index contributed by atoms with van der Waals surface area (Å²) < 4.78 is 0.360. The third kappa shape index (κ3) is 2.44. The number of hydrogen-bond donors (Lipinski definition) is 2. The molecule has 27 heavy (non-hydrogen) atoms. The van der Waals surface area contributed by atoms with Gasteiger partial charge in [0, 0.05) is 29.3 Å². The summed E-state index contributed by atoms with van der Waals surface area (Å²) in [5.74, 6) is 3.23. The number of nitrogens with one attached hydrogen (secondary N) is 1. The van der Waals surface area contributed by atoms with E-state index >= 15 is 0 Å². The molecule has 1 aliphatic carbocycles. The molecule has 3 N–H and O–H groups in total. The van der Waals surface area contributed by atoms with E-state index in [1.165, 1.54) is 16.5 Å². The Balaban J connectivity index is 1.82. The standard InChI is InChI=1S/C22H28N4O/c1-5-18-17-12-20-16(15-9-8-10-19(24-18)21(15)17)11-14(13-25(20)4)26(6-2,7-3)22(23)27/h1,8-10,14,16,20,24H,6-7,11-13H2,2-4H3,(H-,23,27)/p+1/t14-,16?,20-/m1/s1. The topological polar surface area (TPSA) is 62.1 Å². The number of quaternary nitrogens is 1. The van der Waals surface area contributed by atoms with Crippen LogP contribution in [0.3, 0.4) is 0 Å². The summed E-state index contributed by atoms with van der Waals surface area (Å²) in [6, 6.07) is 6.87. The summed E-state index contributed by atoms with van der Waals surface area (Å²) >= 11 is 0. The van der Waals surface area contributed by atoms with Gasteiger partial charge in [0.25, 0.3) is 0 Å². The Morgan fingerprint density at radius 3 is 2.78 bits per heavy atom. The molecule has 1 saturated heterocycles. The summed E-state index contributed by atoms with van der Waals surface area (Å²) in [7, 11) is 2.18. The predicted octanol–water partition coefficient (Wildman–Crippen LogP) is 2.80. The highest BCUT2D eigenvalue weighted by Gasteiger charge is 2.49. The van der Waals surface area contributed by atoms with E-state index in [2.05, 4.69) is 54.9 Å². The first kappa shape index (κ1) is 18.1. The fourth-order valence-corrected chi connectivity index (χ4v) is 5.71. The molecule has 0 spiro atoms. The van der Waals surface area contributed by atoms with Crippen LogP contribution >= 0.6 is 0 Å². The average Bonchev–Trinajstić information content (AvgIpc) is 3.03. The van der Waals surface area contributed by atoms with E-state index in [1.54, 1.807) is 0 Å². The fourth-order valence-electron chi connectivity index (χ4n) is 5.71. The first-order chi connectivity index (χ1) is 13.0. The SMILES string of the molecule is C#Cc1[nH]c2cccc3c2c1C[C@@H]1C3C[C@@H]([N+](CC)(CC)C(N)=O)CN1C. The maximum atomic E-state index is 12.4. The molecule has 1 aromatic heterocycles. The summed E-state index contributed by atoms with van der Waals surface area (Å²) in [5.41, 5.74) is 10.6. The minimum absolute atomic E-state index is 0.206. The second kappa shape index (κ2) is 6.40. The Hall–Kier alpha value is -2.29. The zero-order chi connectivity index (χ0) is 19.3. The number of aromatic amines is 1. The number of carbonyl (C=O) groups excluding carboxylic acids is 1. The van der Waals surface area contributed by atoms with Crippen molar-refractivity contribution in [2.75, 3.05) is 26.7 Å². The van der Waals surface area contributed by atoms with E-state index in [4.69, 9.17) is 12.2 Å². The minimum Gasteiger partial charge on any atom is -0.348 e. The van der Waals surface area contributed by atoms with Gasteiger partial charge in [-0.05, 0) is 44.5 Å². The molecule has 0 radical (unpaired) electrons. The smallest absolute Gasteiger partial charge is 0.348 e. The lowest BCUT2D eigenvalue weighted by Gasteiger charge is -2.50. The van der Waals surface area contributed by atoms with Gasteiger partial charge in [0.2, 0.25) is 0 Å². The summed E-state index contributed by atoms with van der Waals surface area (Å²) in [6.07, 6.45) is 7.71. The Kier molecular flexibility index (Phi) is 4.29. The monoisotopic (exact) mass is 365 g/mol. The van der Waals surface area contributed by atoms with Crippen molar-refractivity contribution in [3.05, 3.63) is 35.0 Å². The number of H-pyrrole nitrogens is 1. The van der Waals surface area contributed by atoms with Gasteiger partial charge in [-0.15, -0.1) is 6.42 Å². The molecule has 0 bridgehead atoms. The van der Waals surface area contributed by atoms with Crippen LogP contribution in [0.25, 0.3) is 10.9 Å². The molecule has 5 heteroatoms. The van der Waals surface area contributed by atoms with E-state index in [0.717, 1.165) is 43.7 Å². The van der Waals surface area contributed by atoms with Crippen molar-refractivity contribution < 1.29 is 9.28 Å². The summed E-state index contributed by atoms with van der Waals surface area (Å²) in [4.78, 5) is 18.3. The van der Waals surface area contributed by atoms with Gasteiger partial charge in [-0.3, -0.25) is 4.90 Å². The van der Waals surface area contributed by atoms with Crippen molar-refractivity contribution in [2.24, 2.45) is 5.73 Å². The van der Waals surface area contributed by atoms with Gasteiger partial charge in [0.1, 0.15) is 6.04 Å². The number of benzene rings is 1. The Morgan fingerprint density at radius 2 is 2.15 bits per heavy atom. The molecule has 0 saturated carbocycles. The predicted molar refractivity (Wildman–Crippen MR) is 108 cm³/mol. The third-order valence-electron chi connectivity index (χ3n) is 7.24. The molecule has 1 fully saturated rings. The number of nitrogens with zero attached hydrogens (tertiary/aromatic N) is 2. The van der Waals surface area contributed by atoms with Crippen LogP contribution in [0, 0.1) is 12.3 Å². The summed E-state index contributed by atoms with van der Waals surface area (Å²) in [6.45, 7) is 6.51. The quantitative estimate of drug-likeness (QED) is 0.649. The number of aromatic nitrogens is 1.